The fourth-order valence-electron chi connectivity index (χ4n) is 7.05. The molecule has 3 aliphatic heterocycles. The van der Waals surface area contributed by atoms with Crippen LogP contribution in [0.5, 0.6) is 6.01 Å². The highest BCUT2D eigenvalue weighted by Gasteiger charge is 2.33. The number of fused-ring (bicyclic) bond motifs is 2. The van der Waals surface area contributed by atoms with Crippen LogP contribution in [0.3, 0.4) is 0 Å². The molecule has 0 aliphatic carbocycles. The molecule has 6 rings (SSSR count). The summed E-state index contributed by atoms with van der Waals surface area (Å²) in [6, 6.07) is 19.1. The van der Waals surface area contributed by atoms with Crippen LogP contribution in [0.2, 0.25) is 0 Å². The third-order valence-electron chi connectivity index (χ3n) is 9.58. The molecule has 0 radical (unpaired) electrons. The first kappa shape index (κ1) is 31.0. The van der Waals surface area contributed by atoms with Crippen molar-refractivity contribution in [1.29, 1.82) is 5.26 Å². The highest BCUT2D eigenvalue weighted by molar-refractivity contribution is 5.97. The van der Waals surface area contributed by atoms with Crippen molar-refractivity contribution in [2.24, 2.45) is 15.9 Å². The second kappa shape index (κ2) is 14.4. The van der Waals surface area contributed by atoms with Crippen molar-refractivity contribution in [1.82, 2.24) is 14.9 Å². The summed E-state index contributed by atoms with van der Waals surface area (Å²) in [6.07, 6.45) is 4.38. The van der Waals surface area contributed by atoms with Crippen LogP contribution in [0.1, 0.15) is 42.5 Å². The lowest BCUT2D eigenvalue weighted by atomic mass is 9.89. The van der Waals surface area contributed by atoms with Crippen molar-refractivity contribution < 1.29 is 9.47 Å². The molecule has 10 heteroatoms. The van der Waals surface area contributed by atoms with Crippen molar-refractivity contribution in [3.8, 4) is 12.1 Å². The number of hydrogen-bond acceptors (Lipinski definition) is 10. The maximum atomic E-state index is 9.67. The van der Waals surface area contributed by atoms with Crippen LogP contribution in [-0.2, 0) is 17.7 Å². The molecule has 0 unspecified atom stereocenters. The highest BCUT2D eigenvalue weighted by Crippen LogP contribution is 2.37. The molecule has 0 spiro atoms. The van der Waals surface area contributed by atoms with E-state index in [2.05, 4.69) is 87.1 Å². The zero-order chi connectivity index (χ0) is 31.2. The van der Waals surface area contributed by atoms with Crippen LogP contribution in [0, 0.1) is 24.2 Å². The van der Waals surface area contributed by atoms with E-state index in [1.165, 1.54) is 34.0 Å². The smallest absolute Gasteiger partial charge is 0.318 e. The van der Waals surface area contributed by atoms with Crippen molar-refractivity contribution in [3.05, 3.63) is 53.2 Å². The van der Waals surface area contributed by atoms with Crippen LogP contribution >= 0.6 is 0 Å². The number of likely N-dealkylation sites (tertiary alicyclic amines) is 1. The molecule has 3 aliphatic rings. The maximum Gasteiger partial charge on any atom is 0.318 e. The van der Waals surface area contributed by atoms with Gasteiger partial charge in [0.1, 0.15) is 12.4 Å². The first-order chi connectivity index (χ1) is 22.1. The molecule has 0 bridgehead atoms. The molecule has 1 aromatic heterocycles. The van der Waals surface area contributed by atoms with E-state index in [0.717, 1.165) is 50.4 Å². The van der Waals surface area contributed by atoms with Gasteiger partial charge in [0, 0.05) is 61.8 Å². The number of ether oxygens (including phenoxy) is 2. The molecule has 0 saturated carbocycles. The van der Waals surface area contributed by atoms with Crippen LogP contribution in [0.15, 0.2) is 46.4 Å². The first-order valence-electron chi connectivity index (χ1n) is 16.2. The number of benzene rings is 2. The lowest BCUT2D eigenvalue weighted by Gasteiger charge is -2.39. The monoisotopic (exact) mass is 608 g/mol. The molecule has 4 heterocycles. The Labute approximate surface area is 266 Å². The van der Waals surface area contributed by atoms with E-state index in [9.17, 15) is 5.26 Å². The minimum atomic E-state index is 0.00331. The SMILES string of the molecule is COCCN=C=N[C@@H]1CCN(c2nc(OC[C@@H]3CCCN3C)nc3c2CCN(c2cccc4cccc(C)c24)C3)C[C@@H]1CC#N. The van der Waals surface area contributed by atoms with E-state index in [1.54, 1.807) is 7.11 Å². The van der Waals surface area contributed by atoms with Gasteiger partial charge < -0.3 is 24.2 Å². The number of aliphatic imine (C=N–C) groups is 2. The molecule has 2 fully saturated rings. The zero-order valence-corrected chi connectivity index (χ0v) is 26.8. The number of nitrogens with zero attached hydrogens (tertiary/aromatic N) is 8. The molecule has 3 atom stereocenters. The Hall–Kier alpha value is -4.03. The Kier molecular flexibility index (Phi) is 9.90. The molecule has 236 valence electrons. The fourth-order valence-corrected chi connectivity index (χ4v) is 7.05. The Morgan fingerprint density at radius 2 is 1.93 bits per heavy atom. The van der Waals surface area contributed by atoms with Crippen molar-refractivity contribution in [3.63, 3.8) is 0 Å². The van der Waals surface area contributed by atoms with Gasteiger partial charge >= 0.3 is 6.01 Å². The number of piperidine rings is 1. The summed E-state index contributed by atoms with van der Waals surface area (Å²) in [5.74, 6) is 1.01. The van der Waals surface area contributed by atoms with Gasteiger partial charge in [0.05, 0.1) is 43.5 Å². The van der Waals surface area contributed by atoms with E-state index in [4.69, 9.17) is 19.4 Å². The Balaban J connectivity index is 1.30. The van der Waals surface area contributed by atoms with Gasteiger partial charge in [-0.1, -0.05) is 30.3 Å². The third-order valence-corrected chi connectivity index (χ3v) is 9.58. The van der Waals surface area contributed by atoms with Crippen LogP contribution in [0.25, 0.3) is 10.8 Å². The van der Waals surface area contributed by atoms with Gasteiger partial charge in [-0.15, -0.1) is 0 Å². The van der Waals surface area contributed by atoms with Gasteiger partial charge in [-0.05, 0) is 63.2 Å². The number of methoxy groups -OCH3 is 1. The van der Waals surface area contributed by atoms with Crippen LogP contribution in [-0.4, -0.2) is 93.1 Å². The maximum absolute atomic E-state index is 9.67. The number of hydrogen-bond donors (Lipinski definition) is 0. The zero-order valence-electron chi connectivity index (χ0n) is 26.8. The average Bonchev–Trinajstić information content (AvgIpc) is 3.47. The molecule has 45 heavy (non-hydrogen) atoms. The highest BCUT2D eigenvalue weighted by atomic mass is 16.5. The number of anilines is 2. The fraction of sp³-hybridized carbons (Fsp3) is 0.543. The summed E-state index contributed by atoms with van der Waals surface area (Å²) in [4.78, 5) is 26.1. The van der Waals surface area contributed by atoms with Crippen LogP contribution in [0.4, 0.5) is 11.5 Å². The Bertz CT molecular complexity index is 1590. The topological polar surface area (TPSA) is 102 Å². The summed E-state index contributed by atoms with van der Waals surface area (Å²) >= 11 is 0. The number of aromatic nitrogens is 2. The van der Waals surface area contributed by atoms with E-state index < -0.39 is 0 Å². The van der Waals surface area contributed by atoms with E-state index in [1.807, 2.05) is 0 Å². The largest absolute Gasteiger partial charge is 0.462 e. The van der Waals surface area contributed by atoms with Crippen molar-refractivity contribution in [2.45, 2.75) is 57.7 Å². The summed E-state index contributed by atoms with van der Waals surface area (Å²) in [6.45, 7) is 7.99. The average molecular weight is 609 g/mol. The second-order valence-corrected chi connectivity index (χ2v) is 12.5. The number of nitriles is 1. The summed E-state index contributed by atoms with van der Waals surface area (Å²) < 4.78 is 11.4. The summed E-state index contributed by atoms with van der Waals surface area (Å²) in [7, 11) is 3.82. The minimum absolute atomic E-state index is 0.00331. The van der Waals surface area contributed by atoms with Gasteiger partial charge in [-0.25, -0.2) is 9.98 Å². The quantitative estimate of drug-likeness (QED) is 0.237. The van der Waals surface area contributed by atoms with Crippen molar-refractivity contribution >= 4 is 28.3 Å². The third kappa shape index (κ3) is 6.96. The first-order valence-corrected chi connectivity index (χ1v) is 16.2. The molecule has 0 N–H and O–H groups in total. The van der Waals surface area contributed by atoms with Crippen molar-refractivity contribution in [2.75, 3.05) is 69.9 Å². The normalized spacial score (nSPS) is 21.7. The molecular formula is C35H44N8O2. The lowest BCUT2D eigenvalue weighted by molar-refractivity contribution is 0.187. The van der Waals surface area contributed by atoms with E-state index >= 15 is 0 Å². The standard InChI is InChI=1S/C35H44N8O2/c1-25-7-4-8-26-9-5-11-32(33(25)26)42-18-13-29-31(22-42)39-35(45-23-28-10-6-17-41(28)2)40-34(29)43-19-14-30(27(21-43)12-15-36)38-24-37-16-20-44-3/h4-5,7-9,11,27-28,30H,6,10,12-14,16-23H2,1-3H3/t27-,28-,30+/m0/s1. The predicted octanol–water partition coefficient (Wildman–Crippen LogP) is 4.90. The number of likely N-dealkylation sites (N-methyl/N-ethyl adjacent to an activating group) is 1. The predicted molar refractivity (Wildman–Crippen MR) is 178 cm³/mol. The van der Waals surface area contributed by atoms with E-state index in [-0.39, 0.29) is 12.0 Å². The van der Waals surface area contributed by atoms with Crippen LogP contribution < -0.4 is 14.5 Å². The molecule has 0 amide bonds. The van der Waals surface area contributed by atoms with Gasteiger partial charge in [-0.3, -0.25) is 0 Å². The molecule has 3 aromatic rings. The van der Waals surface area contributed by atoms with Gasteiger partial charge in [0.25, 0.3) is 0 Å². The second-order valence-electron chi connectivity index (χ2n) is 12.5. The summed E-state index contributed by atoms with van der Waals surface area (Å²) in [5, 5.41) is 12.2. The van der Waals surface area contributed by atoms with Gasteiger partial charge in [0.2, 0.25) is 0 Å². The molecular weight excluding hydrogens is 564 g/mol. The van der Waals surface area contributed by atoms with Gasteiger partial charge in [-0.2, -0.15) is 15.2 Å². The number of aryl methyl sites for hydroxylation is 1. The lowest BCUT2D eigenvalue weighted by Crippen LogP contribution is -2.44. The molecule has 2 aromatic carbocycles. The van der Waals surface area contributed by atoms with E-state index in [0.29, 0.717) is 51.3 Å². The Morgan fingerprint density at radius 1 is 1.07 bits per heavy atom. The minimum Gasteiger partial charge on any atom is -0.462 e. The Morgan fingerprint density at radius 3 is 2.73 bits per heavy atom. The molecule has 2 saturated heterocycles. The molecule has 10 nitrogen and oxygen atoms in total. The number of rotatable bonds is 10. The summed E-state index contributed by atoms with van der Waals surface area (Å²) in [5.41, 5.74) is 4.73. The van der Waals surface area contributed by atoms with Gasteiger partial charge in [0.15, 0.2) is 0 Å².